The summed E-state index contributed by atoms with van der Waals surface area (Å²) >= 11 is 0. The summed E-state index contributed by atoms with van der Waals surface area (Å²) in [6.45, 7) is 2.45. The van der Waals surface area contributed by atoms with Crippen molar-refractivity contribution in [3.8, 4) is 0 Å². The molecule has 6 nitrogen and oxygen atoms in total. The third-order valence-electron chi connectivity index (χ3n) is 3.63. The summed E-state index contributed by atoms with van der Waals surface area (Å²) < 4.78 is 37.5. The molecule has 0 radical (unpaired) electrons. The third kappa shape index (κ3) is 4.41. The molecular weight excluding hydrogens is 309 g/mol. The molecule has 22 heavy (non-hydrogen) atoms. The van der Waals surface area contributed by atoms with Crippen molar-refractivity contribution in [3.63, 3.8) is 0 Å². The normalized spacial score (nSPS) is 19.7. The minimum Gasteiger partial charge on any atom is -0.334 e. The van der Waals surface area contributed by atoms with Crippen LogP contribution in [0.4, 0.5) is 14.9 Å². The molecule has 8 heteroatoms. The van der Waals surface area contributed by atoms with Gasteiger partial charge in [-0.1, -0.05) is 0 Å². The highest BCUT2D eigenvalue weighted by Gasteiger charge is 2.26. The van der Waals surface area contributed by atoms with Crippen LogP contribution in [0, 0.1) is 12.7 Å². The molecule has 0 saturated carbocycles. The van der Waals surface area contributed by atoms with Crippen LogP contribution in [-0.2, 0) is 10.0 Å². The van der Waals surface area contributed by atoms with E-state index in [1.807, 2.05) is 0 Å². The zero-order valence-corrected chi connectivity index (χ0v) is 13.4. The second-order valence-electron chi connectivity index (χ2n) is 5.52. The SMILES string of the molecule is Cc1cc(F)ccc1NC(=O)N[C@H]1CCCN(S(C)(=O)=O)C1. The Morgan fingerprint density at radius 1 is 1.41 bits per heavy atom. The van der Waals surface area contributed by atoms with E-state index < -0.39 is 16.1 Å². The van der Waals surface area contributed by atoms with Gasteiger partial charge in [0.25, 0.3) is 0 Å². The van der Waals surface area contributed by atoms with E-state index in [4.69, 9.17) is 0 Å². The summed E-state index contributed by atoms with van der Waals surface area (Å²) in [6, 6.07) is 3.45. The van der Waals surface area contributed by atoms with Gasteiger partial charge in [-0.15, -0.1) is 0 Å². The molecule has 0 bridgehead atoms. The monoisotopic (exact) mass is 329 g/mol. The molecule has 1 fully saturated rings. The Labute approximate surface area is 129 Å². The van der Waals surface area contributed by atoms with Gasteiger partial charge in [0.2, 0.25) is 10.0 Å². The van der Waals surface area contributed by atoms with Crippen LogP contribution in [0.25, 0.3) is 0 Å². The highest BCUT2D eigenvalue weighted by Crippen LogP contribution is 2.16. The van der Waals surface area contributed by atoms with E-state index in [1.165, 1.54) is 22.5 Å². The van der Waals surface area contributed by atoms with Crippen molar-refractivity contribution in [1.29, 1.82) is 0 Å². The first-order valence-corrected chi connectivity index (χ1v) is 8.89. The van der Waals surface area contributed by atoms with Gasteiger partial charge in [0.1, 0.15) is 5.82 Å². The number of hydrogen-bond donors (Lipinski definition) is 2. The lowest BCUT2D eigenvalue weighted by Gasteiger charge is -2.31. The van der Waals surface area contributed by atoms with Crippen molar-refractivity contribution in [2.75, 3.05) is 24.7 Å². The Morgan fingerprint density at radius 3 is 2.77 bits per heavy atom. The lowest BCUT2D eigenvalue weighted by atomic mass is 10.1. The number of benzene rings is 1. The predicted molar refractivity (Wildman–Crippen MR) is 82.7 cm³/mol. The summed E-state index contributed by atoms with van der Waals surface area (Å²) in [5.41, 5.74) is 1.14. The number of urea groups is 1. The number of amides is 2. The first-order chi connectivity index (χ1) is 10.3. The molecular formula is C14H20FN3O3S. The quantitative estimate of drug-likeness (QED) is 0.885. The number of sulfonamides is 1. The lowest BCUT2D eigenvalue weighted by molar-refractivity contribution is 0.236. The van der Waals surface area contributed by atoms with E-state index in [1.54, 1.807) is 6.92 Å². The summed E-state index contributed by atoms with van der Waals surface area (Å²) in [7, 11) is -3.24. The number of carbonyl (C=O) groups is 1. The maximum Gasteiger partial charge on any atom is 0.319 e. The largest absolute Gasteiger partial charge is 0.334 e. The first kappa shape index (κ1) is 16.7. The number of rotatable bonds is 3. The minimum absolute atomic E-state index is 0.232. The molecule has 1 aliphatic rings. The van der Waals surface area contributed by atoms with Gasteiger partial charge >= 0.3 is 6.03 Å². The second kappa shape index (κ2) is 6.62. The fourth-order valence-corrected chi connectivity index (χ4v) is 3.38. The summed E-state index contributed by atoms with van der Waals surface area (Å²) in [5, 5.41) is 5.41. The van der Waals surface area contributed by atoms with E-state index in [0.717, 1.165) is 12.7 Å². The van der Waals surface area contributed by atoms with Crippen LogP contribution in [0.1, 0.15) is 18.4 Å². The summed E-state index contributed by atoms with van der Waals surface area (Å²) in [6.07, 6.45) is 2.59. The van der Waals surface area contributed by atoms with Crippen LogP contribution >= 0.6 is 0 Å². The standard InChI is InChI=1S/C14H20FN3O3S/c1-10-8-11(15)5-6-13(10)17-14(19)16-12-4-3-7-18(9-12)22(2,20)21/h5-6,8,12H,3-4,7,9H2,1-2H3,(H2,16,17,19)/t12-/m0/s1. The molecule has 0 aliphatic carbocycles. The fraction of sp³-hybridized carbons (Fsp3) is 0.500. The Balaban J connectivity index is 1.94. The minimum atomic E-state index is -3.24. The molecule has 1 aliphatic heterocycles. The summed E-state index contributed by atoms with van der Waals surface area (Å²) in [5.74, 6) is -0.362. The molecule has 1 aromatic carbocycles. The molecule has 0 spiro atoms. The van der Waals surface area contributed by atoms with Crippen molar-refractivity contribution in [2.24, 2.45) is 0 Å². The van der Waals surface area contributed by atoms with Crippen LogP contribution in [-0.4, -0.2) is 44.1 Å². The number of piperidine rings is 1. The van der Waals surface area contributed by atoms with E-state index >= 15 is 0 Å². The highest BCUT2D eigenvalue weighted by atomic mass is 32.2. The Kier molecular flexibility index (Phi) is 5.02. The molecule has 1 saturated heterocycles. The van der Waals surface area contributed by atoms with E-state index in [2.05, 4.69) is 10.6 Å². The van der Waals surface area contributed by atoms with Gasteiger partial charge in [-0.05, 0) is 43.5 Å². The van der Waals surface area contributed by atoms with Crippen molar-refractivity contribution < 1.29 is 17.6 Å². The van der Waals surface area contributed by atoms with Crippen LogP contribution in [0.5, 0.6) is 0 Å². The maximum atomic E-state index is 13.0. The van der Waals surface area contributed by atoms with Gasteiger partial charge in [-0.25, -0.2) is 21.9 Å². The zero-order valence-electron chi connectivity index (χ0n) is 12.6. The predicted octanol–water partition coefficient (Wildman–Crippen LogP) is 1.68. The van der Waals surface area contributed by atoms with Crippen molar-refractivity contribution >= 4 is 21.7 Å². The molecule has 0 unspecified atom stereocenters. The van der Waals surface area contributed by atoms with Gasteiger partial charge in [-0.2, -0.15) is 0 Å². The van der Waals surface area contributed by atoms with E-state index in [0.29, 0.717) is 24.2 Å². The highest BCUT2D eigenvalue weighted by molar-refractivity contribution is 7.88. The first-order valence-electron chi connectivity index (χ1n) is 7.04. The average molecular weight is 329 g/mol. The van der Waals surface area contributed by atoms with E-state index in [-0.39, 0.29) is 18.4 Å². The van der Waals surface area contributed by atoms with Gasteiger partial charge < -0.3 is 10.6 Å². The van der Waals surface area contributed by atoms with Gasteiger partial charge in [0.15, 0.2) is 0 Å². The number of aryl methyl sites for hydroxylation is 1. The molecule has 2 N–H and O–H groups in total. The number of carbonyl (C=O) groups excluding carboxylic acids is 1. The lowest BCUT2D eigenvalue weighted by Crippen LogP contribution is -2.50. The smallest absolute Gasteiger partial charge is 0.319 e. The van der Waals surface area contributed by atoms with Crippen molar-refractivity contribution in [2.45, 2.75) is 25.8 Å². The van der Waals surface area contributed by atoms with Gasteiger partial charge in [-0.3, -0.25) is 0 Å². The van der Waals surface area contributed by atoms with Crippen LogP contribution in [0.3, 0.4) is 0 Å². The van der Waals surface area contributed by atoms with Gasteiger partial charge in [0, 0.05) is 24.8 Å². The number of nitrogens with one attached hydrogen (secondary N) is 2. The van der Waals surface area contributed by atoms with Crippen molar-refractivity contribution in [1.82, 2.24) is 9.62 Å². The topological polar surface area (TPSA) is 78.5 Å². The third-order valence-corrected chi connectivity index (χ3v) is 4.89. The Morgan fingerprint density at radius 2 is 2.14 bits per heavy atom. The molecule has 122 valence electrons. The molecule has 1 aromatic rings. The number of halogens is 1. The molecule has 0 aromatic heterocycles. The Bertz CT molecular complexity index is 663. The van der Waals surface area contributed by atoms with Crippen molar-refractivity contribution in [3.05, 3.63) is 29.6 Å². The summed E-state index contributed by atoms with van der Waals surface area (Å²) in [4.78, 5) is 12.0. The molecule has 1 atom stereocenters. The zero-order chi connectivity index (χ0) is 16.3. The maximum absolute atomic E-state index is 13.0. The molecule has 2 amide bonds. The van der Waals surface area contributed by atoms with Crippen LogP contribution < -0.4 is 10.6 Å². The number of nitrogens with zero attached hydrogens (tertiary/aromatic N) is 1. The van der Waals surface area contributed by atoms with Gasteiger partial charge in [0.05, 0.1) is 6.26 Å². The number of hydrogen-bond acceptors (Lipinski definition) is 3. The van der Waals surface area contributed by atoms with E-state index in [9.17, 15) is 17.6 Å². The van der Waals surface area contributed by atoms with Crippen LogP contribution in [0.2, 0.25) is 0 Å². The molecule has 1 heterocycles. The number of anilines is 1. The average Bonchev–Trinajstić information content (AvgIpc) is 2.41. The second-order valence-corrected chi connectivity index (χ2v) is 7.50. The molecule has 2 rings (SSSR count). The fourth-order valence-electron chi connectivity index (χ4n) is 2.47. The van der Waals surface area contributed by atoms with Crippen LogP contribution in [0.15, 0.2) is 18.2 Å². The Hall–Kier alpha value is -1.67.